The number of methoxy groups -OCH3 is 1. The van der Waals surface area contributed by atoms with Crippen LogP contribution in [-0.2, 0) is 9.16 Å². The van der Waals surface area contributed by atoms with Crippen molar-refractivity contribution in [1.29, 1.82) is 0 Å². The van der Waals surface area contributed by atoms with Gasteiger partial charge in [-0.2, -0.15) is 0 Å². The van der Waals surface area contributed by atoms with E-state index in [4.69, 9.17) is 32.4 Å². The van der Waals surface area contributed by atoms with Gasteiger partial charge in [0.2, 0.25) is 0 Å². The smallest absolute Gasteiger partial charge is 0.187 e. The summed E-state index contributed by atoms with van der Waals surface area (Å²) in [6, 6.07) is 6.71. The van der Waals surface area contributed by atoms with Crippen LogP contribution in [0.1, 0.15) is 44.8 Å². The molecule has 22 heavy (non-hydrogen) atoms. The summed E-state index contributed by atoms with van der Waals surface area (Å²) >= 11 is 12.7. The molecule has 5 heteroatoms. The third-order valence-corrected chi connectivity index (χ3v) is 7.04. The summed E-state index contributed by atoms with van der Waals surface area (Å²) in [7, 11) is -0.0298. The molecule has 0 unspecified atom stereocenters. The summed E-state index contributed by atoms with van der Waals surface area (Å²) in [5.41, 5.74) is 0.834. The Balaban J connectivity index is 3.00. The second-order valence-corrected chi connectivity index (χ2v) is 11.3. The van der Waals surface area contributed by atoms with Gasteiger partial charge in [0.15, 0.2) is 8.32 Å². The molecule has 0 aromatic heterocycles. The molecule has 0 radical (unpaired) electrons. The van der Waals surface area contributed by atoms with Crippen molar-refractivity contribution < 1.29 is 9.16 Å². The van der Waals surface area contributed by atoms with Gasteiger partial charge < -0.3 is 9.16 Å². The Morgan fingerprint density at radius 3 is 2.18 bits per heavy atom. The minimum atomic E-state index is -1.72. The van der Waals surface area contributed by atoms with Gasteiger partial charge in [-0.3, -0.25) is 0 Å². The van der Waals surface area contributed by atoms with Crippen LogP contribution in [0, 0.1) is 0 Å². The highest BCUT2D eigenvalue weighted by Crippen LogP contribution is 2.37. The maximum absolute atomic E-state index is 6.50. The predicted molar refractivity (Wildman–Crippen MR) is 98.6 cm³/mol. The van der Waals surface area contributed by atoms with E-state index in [-0.39, 0.29) is 12.2 Å². The highest BCUT2D eigenvalue weighted by Gasteiger charge is 2.32. The van der Waals surface area contributed by atoms with Gasteiger partial charge in [-0.25, -0.2) is 0 Å². The normalized spacial score (nSPS) is 14.9. The first-order valence-corrected chi connectivity index (χ1v) is 11.9. The zero-order valence-corrected chi connectivity index (χ0v) is 16.8. The highest BCUT2D eigenvalue weighted by molar-refractivity contribution is 6.71. The van der Waals surface area contributed by atoms with Crippen LogP contribution in [0.25, 0.3) is 0 Å². The second-order valence-electron chi connectivity index (χ2n) is 6.22. The van der Waals surface area contributed by atoms with Gasteiger partial charge in [-0.15, -0.1) is 0 Å². The van der Waals surface area contributed by atoms with E-state index >= 15 is 0 Å². The van der Waals surface area contributed by atoms with Gasteiger partial charge >= 0.3 is 0 Å². The van der Waals surface area contributed by atoms with E-state index in [9.17, 15) is 0 Å². The monoisotopic (exact) mass is 362 g/mol. The van der Waals surface area contributed by atoms with Crippen LogP contribution in [0.4, 0.5) is 0 Å². The molecule has 1 aromatic carbocycles. The third-order valence-electron chi connectivity index (χ3n) is 3.88. The van der Waals surface area contributed by atoms with E-state index < -0.39 is 8.32 Å². The summed E-state index contributed by atoms with van der Waals surface area (Å²) in [5, 5.41) is 1.27. The molecule has 0 aliphatic rings. The topological polar surface area (TPSA) is 18.5 Å². The fraction of sp³-hybridized carbons (Fsp3) is 0.647. The number of rotatable bonds is 9. The van der Waals surface area contributed by atoms with E-state index in [1.165, 1.54) is 12.8 Å². The minimum Gasteiger partial charge on any atom is -0.411 e. The first-order valence-electron chi connectivity index (χ1n) is 8.00. The van der Waals surface area contributed by atoms with Gasteiger partial charge in [0.05, 0.1) is 6.10 Å². The summed E-state index contributed by atoms with van der Waals surface area (Å²) in [4.78, 5) is 0. The Bertz CT molecular complexity index is 446. The van der Waals surface area contributed by atoms with Crippen LogP contribution in [0.15, 0.2) is 18.2 Å². The Labute approximate surface area is 146 Å². The third kappa shape index (κ3) is 5.54. The predicted octanol–water partition coefficient (Wildman–Crippen LogP) is 6.48. The van der Waals surface area contributed by atoms with Crippen molar-refractivity contribution in [3.63, 3.8) is 0 Å². The zero-order chi connectivity index (χ0) is 16.8. The standard InChI is InChI=1S/C17H28Cl2O2Si/c1-6-8-12-22(4,5)21-15(7-2)17(20-3)16-13(18)10-9-11-14(16)19/h9-11,15,17H,6-8,12H2,1-5H3/t15-,17+/m1/s1. The van der Waals surface area contributed by atoms with Gasteiger partial charge in [0.25, 0.3) is 0 Å². The minimum absolute atomic E-state index is 0.0269. The molecular formula is C17H28Cl2O2Si. The molecule has 0 aliphatic heterocycles. The first-order chi connectivity index (χ1) is 10.4. The molecule has 0 saturated heterocycles. The quantitative estimate of drug-likeness (QED) is 0.467. The average Bonchev–Trinajstić information content (AvgIpc) is 2.47. The van der Waals surface area contributed by atoms with Crippen LogP contribution in [0.5, 0.6) is 0 Å². The summed E-state index contributed by atoms with van der Waals surface area (Å²) in [6.45, 7) is 8.87. The van der Waals surface area contributed by atoms with E-state index in [0.717, 1.165) is 18.0 Å². The van der Waals surface area contributed by atoms with Crippen LogP contribution >= 0.6 is 23.2 Å². The molecule has 0 heterocycles. The number of benzene rings is 1. The molecule has 1 rings (SSSR count). The number of ether oxygens (including phenoxy) is 1. The van der Waals surface area contributed by atoms with E-state index in [1.54, 1.807) is 7.11 Å². The maximum Gasteiger partial charge on any atom is 0.187 e. The fourth-order valence-corrected chi connectivity index (χ4v) is 5.71. The summed E-state index contributed by atoms with van der Waals surface area (Å²) in [5.74, 6) is 0. The van der Waals surface area contributed by atoms with Crippen LogP contribution < -0.4 is 0 Å². The van der Waals surface area contributed by atoms with Crippen molar-refractivity contribution in [3.8, 4) is 0 Å². The molecule has 0 aliphatic carbocycles. The van der Waals surface area contributed by atoms with E-state index in [1.807, 2.05) is 18.2 Å². The van der Waals surface area contributed by atoms with Gasteiger partial charge in [-0.1, -0.05) is 56.0 Å². The Morgan fingerprint density at radius 2 is 1.73 bits per heavy atom. The number of hydrogen-bond donors (Lipinski definition) is 0. The molecule has 2 atom stereocenters. The zero-order valence-electron chi connectivity index (χ0n) is 14.3. The molecule has 0 bridgehead atoms. The van der Waals surface area contributed by atoms with Crippen LogP contribution in [0.2, 0.25) is 29.2 Å². The maximum atomic E-state index is 6.50. The molecule has 0 spiro atoms. The fourth-order valence-electron chi connectivity index (χ4n) is 2.67. The molecule has 1 aromatic rings. The number of hydrogen-bond acceptors (Lipinski definition) is 2. The average molecular weight is 363 g/mol. The van der Waals surface area contributed by atoms with Crippen molar-refractivity contribution in [2.45, 2.75) is 64.5 Å². The highest BCUT2D eigenvalue weighted by atomic mass is 35.5. The van der Waals surface area contributed by atoms with Crippen molar-refractivity contribution in [2.75, 3.05) is 7.11 Å². The number of unbranched alkanes of at least 4 members (excludes halogenated alkanes) is 1. The Hall–Kier alpha value is -0.0631. The Kier molecular flexibility index (Phi) is 8.43. The first kappa shape index (κ1) is 20.0. The molecule has 2 nitrogen and oxygen atoms in total. The van der Waals surface area contributed by atoms with Crippen LogP contribution in [0.3, 0.4) is 0 Å². The molecule has 0 saturated carbocycles. The van der Waals surface area contributed by atoms with Gasteiger partial charge in [0, 0.05) is 22.7 Å². The second kappa shape index (κ2) is 9.29. The molecule has 0 amide bonds. The Morgan fingerprint density at radius 1 is 1.14 bits per heavy atom. The lowest BCUT2D eigenvalue weighted by molar-refractivity contribution is -0.00577. The summed E-state index contributed by atoms with van der Waals surface area (Å²) < 4.78 is 12.2. The van der Waals surface area contributed by atoms with Gasteiger partial charge in [-0.05, 0) is 37.7 Å². The van der Waals surface area contributed by atoms with Crippen molar-refractivity contribution in [3.05, 3.63) is 33.8 Å². The van der Waals surface area contributed by atoms with E-state index in [0.29, 0.717) is 10.0 Å². The lowest BCUT2D eigenvalue weighted by atomic mass is 10.0. The SMILES string of the molecule is CCCC[Si](C)(C)O[C@H](CC)[C@H](OC)c1c(Cl)cccc1Cl. The van der Waals surface area contributed by atoms with Crippen molar-refractivity contribution in [2.24, 2.45) is 0 Å². The number of halogens is 2. The van der Waals surface area contributed by atoms with Gasteiger partial charge in [0.1, 0.15) is 6.10 Å². The molecule has 0 fully saturated rings. The van der Waals surface area contributed by atoms with E-state index in [2.05, 4.69) is 26.9 Å². The molecular weight excluding hydrogens is 335 g/mol. The lowest BCUT2D eigenvalue weighted by Crippen LogP contribution is -2.38. The van der Waals surface area contributed by atoms with Crippen molar-refractivity contribution >= 4 is 31.5 Å². The largest absolute Gasteiger partial charge is 0.411 e. The molecule has 126 valence electrons. The lowest BCUT2D eigenvalue weighted by Gasteiger charge is -2.34. The summed E-state index contributed by atoms with van der Waals surface area (Å²) in [6.07, 6.45) is 3.00. The van der Waals surface area contributed by atoms with Crippen molar-refractivity contribution in [1.82, 2.24) is 0 Å². The molecule has 0 N–H and O–H groups in total. The van der Waals surface area contributed by atoms with Crippen LogP contribution in [-0.4, -0.2) is 21.5 Å².